The molecule has 0 radical (unpaired) electrons. The number of hydrogen-bond donors (Lipinski definition) is 2. The van der Waals surface area contributed by atoms with Gasteiger partial charge in [0, 0.05) is 25.3 Å². The van der Waals surface area contributed by atoms with Crippen LogP contribution in [0.15, 0.2) is 12.3 Å². The quantitative estimate of drug-likeness (QED) is 0.817. The molecule has 0 fully saturated rings. The van der Waals surface area contributed by atoms with Crippen LogP contribution in [0.1, 0.15) is 24.3 Å². The van der Waals surface area contributed by atoms with Gasteiger partial charge in [-0.2, -0.15) is 0 Å². The summed E-state index contributed by atoms with van der Waals surface area (Å²) >= 11 is 5.79. The van der Waals surface area contributed by atoms with Gasteiger partial charge in [0.25, 0.3) is 5.91 Å². The number of halogens is 1. The standard InChI is InChI=1S/C10H16ClN3O/c1-10(2,6-12)13-9(15)8-4-7(11)5-14(8)3/h4-5H,6,12H2,1-3H3,(H,13,15). The van der Waals surface area contributed by atoms with E-state index in [1.165, 1.54) is 0 Å². The summed E-state index contributed by atoms with van der Waals surface area (Å²) in [6, 6.07) is 1.63. The molecule has 0 bridgehead atoms. The second kappa shape index (κ2) is 4.24. The molecule has 15 heavy (non-hydrogen) atoms. The van der Waals surface area contributed by atoms with Gasteiger partial charge in [-0.3, -0.25) is 4.79 Å². The second-order valence-corrected chi connectivity index (χ2v) is 4.63. The van der Waals surface area contributed by atoms with Crippen molar-refractivity contribution in [3.05, 3.63) is 23.0 Å². The summed E-state index contributed by atoms with van der Waals surface area (Å²) in [6.07, 6.45) is 1.69. The number of nitrogens with one attached hydrogen (secondary N) is 1. The van der Waals surface area contributed by atoms with E-state index in [0.717, 1.165) is 0 Å². The Kier molecular flexibility index (Phi) is 3.42. The highest BCUT2D eigenvalue weighted by atomic mass is 35.5. The Balaban J connectivity index is 2.82. The summed E-state index contributed by atoms with van der Waals surface area (Å²) in [4.78, 5) is 11.8. The number of nitrogens with zero attached hydrogens (tertiary/aromatic N) is 1. The number of nitrogens with two attached hydrogens (primary N) is 1. The van der Waals surface area contributed by atoms with Gasteiger partial charge in [-0.1, -0.05) is 11.6 Å². The van der Waals surface area contributed by atoms with E-state index in [1.54, 1.807) is 23.9 Å². The largest absolute Gasteiger partial charge is 0.345 e. The molecule has 0 aliphatic carbocycles. The van der Waals surface area contributed by atoms with E-state index in [-0.39, 0.29) is 5.91 Å². The van der Waals surface area contributed by atoms with Crippen LogP contribution in [0, 0.1) is 0 Å². The number of carbonyl (C=O) groups excluding carboxylic acids is 1. The zero-order valence-electron chi connectivity index (χ0n) is 9.17. The van der Waals surface area contributed by atoms with Crippen LogP contribution < -0.4 is 11.1 Å². The zero-order valence-corrected chi connectivity index (χ0v) is 9.93. The lowest BCUT2D eigenvalue weighted by Gasteiger charge is -2.24. The van der Waals surface area contributed by atoms with Crippen LogP contribution in [0.5, 0.6) is 0 Å². The molecule has 0 aliphatic rings. The van der Waals surface area contributed by atoms with E-state index < -0.39 is 5.54 Å². The summed E-state index contributed by atoms with van der Waals surface area (Å²) in [5.41, 5.74) is 5.65. The molecule has 1 heterocycles. The molecule has 0 aliphatic heterocycles. The highest BCUT2D eigenvalue weighted by Crippen LogP contribution is 2.13. The lowest BCUT2D eigenvalue weighted by molar-refractivity contribution is 0.0907. The van der Waals surface area contributed by atoms with E-state index in [2.05, 4.69) is 5.32 Å². The first-order chi connectivity index (χ1) is 6.85. The fourth-order valence-corrected chi connectivity index (χ4v) is 1.42. The number of aryl methyl sites for hydroxylation is 1. The third-order valence-electron chi connectivity index (χ3n) is 2.17. The van der Waals surface area contributed by atoms with E-state index in [4.69, 9.17) is 17.3 Å². The maximum Gasteiger partial charge on any atom is 0.268 e. The zero-order chi connectivity index (χ0) is 11.6. The van der Waals surface area contributed by atoms with Gasteiger partial charge in [-0.25, -0.2) is 0 Å². The molecule has 0 saturated carbocycles. The lowest BCUT2D eigenvalue weighted by atomic mass is 10.1. The normalized spacial score (nSPS) is 11.5. The maximum absolute atomic E-state index is 11.8. The van der Waals surface area contributed by atoms with E-state index in [1.807, 2.05) is 13.8 Å². The predicted molar refractivity (Wildman–Crippen MR) is 61.0 cm³/mol. The number of carbonyl (C=O) groups is 1. The molecule has 1 amide bonds. The predicted octanol–water partition coefficient (Wildman–Crippen LogP) is 1.15. The Morgan fingerprint density at radius 2 is 2.27 bits per heavy atom. The average molecular weight is 230 g/mol. The number of rotatable bonds is 3. The molecule has 1 aromatic rings. The average Bonchev–Trinajstić information content (AvgIpc) is 2.45. The SMILES string of the molecule is Cn1cc(Cl)cc1C(=O)NC(C)(C)CN. The van der Waals surface area contributed by atoms with Gasteiger partial charge in [0.15, 0.2) is 0 Å². The van der Waals surface area contributed by atoms with Crippen molar-refractivity contribution >= 4 is 17.5 Å². The molecule has 0 atom stereocenters. The van der Waals surface area contributed by atoms with Crippen LogP contribution in [0.25, 0.3) is 0 Å². The monoisotopic (exact) mass is 229 g/mol. The van der Waals surface area contributed by atoms with Crippen molar-refractivity contribution in [2.24, 2.45) is 12.8 Å². The highest BCUT2D eigenvalue weighted by molar-refractivity contribution is 6.31. The van der Waals surface area contributed by atoms with Gasteiger partial charge in [0.2, 0.25) is 0 Å². The topological polar surface area (TPSA) is 60.0 Å². The lowest BCUT2D eigenvalue weighted by Crippen LogP contribution is -2.49. The number of hydrogen-bond acceptors (Lipinski definition) is 2. The third-order valence-corrected chi connectivity index (χ3v) is 2.37. The maximum atomic E-state index is 11.8. The summed E-state index contributed by atoms with van der Waals surface area (Å²) in [6.45, 7) is 4.13. The molecule has 0 unspecified atom stereocenters. The minimum Gasteiger partial charge on any atom is -0.345 e. The van der Waals surface area contributed by atoms with Crippen LogP contribution in [0.2, 0.25) is 5.02 Å². The molecule has 0 spiro atoms. The second-order valence-electron chi connectivity index (χ2n) is 4.20. The molecular weight excluding hydrogens is 214 g/mol. The van der Waals surface area contributed by atoms with Crippen LogP contribution in [0.3, 0.4) is 0 Å². The summed E-state index contributed by atoms with van der Waals surface area (Å²) in [5.74, 6) is -0.167. The Morgan fingerprint density at radius 3 is 2.67 bits per heavy atom. The first-order valence-electron chi connectivity index (χ1n) is 4.70. The Bertz CT molecular complexity index is 371. The fraction of sp³-hybridized carbons (Fsp3) is 0.500. The van der Waals surface area contributed by atoms with E-state index >= 15 is 0 Å². The van der Waals surface area contributed by atoms with E-state index in [0.29, 0.717) is 17.3 Å². The van der Waals surface area contributed by atoms with Gasteiger partial charge in [-0.15, -0.1) is 0 Å². The third kappa shape index (κ3) is 2.97. The van der Waals surface area contributed by atoms with Crippen LogP contribution in [-0.4, -0.2) is 22.6 Å². The van der Waals surface area contributed by atoms with Crippen molar-refractivity contribution in [1.82, 2.24) is 9.88 Å². The molecule has 4 nitrogen and oxygen atoms in total. The van der Waals surface area contributed by atoms with Crippen molar-refractivity contribution in [2.75, 3.05) is 6.54 Å². The summed E-state index contributed by atoms with van der Waals surface area (Å²) < 4.78 is 1.68. The van der Waals surface area contributed by atoms with E-state index in [9.17, 15) is 4.79 Å². The van der Waals surface area contributed by atoms with Crippen molar-refractivity contribution in [3.63, 3.8) is 0 Å². The smallest absolute Gasteiger partial charge is 0.268 e. The molecule has 0 aromatic carbocycles. The molecule has 84 valence electrons. The first kappa shape index (κ1) is 12.1. The minimum absolute atomic E-state index is 0.167. The molecular formula is C10H16ClN3O. The number of amides is 1. The number of aromatic nitrogens is 1. The first-order valence-corrected chi connectivity index (χ1v) is 5.08. The highest BCUT2D eigenvalue weighted by Gasteiger charge is 2.20. The summed E-state index contributed by atoms with van der Waals surface area (Å²) in [5, 5.41) is 3.38. The van der Waals surface area contributed by atoms with Gasteiger partial charge >= 0.3 is 0 Å². The van der Waals surface area contributed by atoms with Gasteiger partial charge in [-0.05, 0) is 19.9 Å². The molecule has 5 heteroatoms. The van der Waals surface area contributed by atoms with Gasteiger partial charge < -0.3 is 15.6 Å². The summed E-state index contributed by atoms with van der Waals surface area (Å²) in [7, 11) is 1.77. The molecule has 3 N–H and O–H groups in total. The van der Waals surface area contributed by atoms with Crippen LogP contribution in [-0.2, 0) is 7.05 Å². The van der Waals surface area contributed by atoms with Gasteiger partial charge in [0.1, 0.15) is 5.69 Å². The van der Waals surface area contributed by atoms with Crippen LogP contribution >= 0.6 is 11.6 Å². The molecule has 1 rings (SSSR count). The van der Waals surface area contributed by atoms with Crippen LogP contribution in [0.4, 0.5) is 0 Å². The van der Waals surface area contributed by atoms with Gasteiger partial charge in [0.05, 0.1) is 5.02 Å². The minimum atomic E-state index is -0.409. The van der Waals surface area contributed by atoms with Crippen molar-refractivity contribution in [1.29, 1.82) is 0 Å². The molecule has 1 aromatic heterocycles. The van der Waals surface area contributed by atoms with Crippen molar-refractivity contribution in [2.45, 2.75) is 19.4 Å². The van der Waals surface area contributed by atoms with Crippen molar-refractivity contribution in [3.8, 4) is 0 Å². The Hall–Kier alpha value is -1.00. The molecule has 0 saturated heterocycles. The Labute approximate surface area is 94.4 Å². The Morgan fingerprint density at radius 1 is 1.67 bits per heavy atom. The fourth-order valence-electron chi connectivity index (χ4n) is 1.17. The van der Waals surface area contributed by atoms with Crippen molar-refractivity contribution < 1.29 is 4.79 Å².